The van der Waals surface area contributed by atoms with Gasteiger partial charge < -0.3 is 17.1 Å². The molecule has 0 amide bonds. The smallest absolute Gasteiger partial charge is 0.362 e. The van der Waals surface area contributed by atoms with Gasteiger partial charge in [-0.3, -0.25) is 4.48 Å². The molecule has 2 saturated carbocycles. The monoisotopic (exact) mass is 365 g/mol. The number of likely N-dealkylation sites (N-methyl/N-ethyl adjacent to an activating group) is 1. The van der Waals surface area contributed by atoms with Crippen molar-refractivity contribution in [1.82, 2.24) is 4.48 Å². The number of esters is 1. The number of fused-ring (bicyclic) bond motifs is 2. The zero-order valence-corrected chi connectivity index (χ0v) is 17.2. The Morgan fingerprint density at radius 1 is 1.28 bits per heavy atom. The van der Waals surface area contributed by atoms with Crippen molar-refractivity contribution in [2.75, 3.05) is 20.6 Å². The summed E-state index contributed by atoms with van der Waals surface area (Å²) in [7, 11) is 4.14. The molecule has 1 aromatic carbocycles. The Bertz CT molecular complexity index is 655. The molecule has 25 heavy (non-hydrogen) atoms. The molecule has 3 unspecified atom stereocenters. The zero-order valence-electron chi connectivity index (χ0n) is 16.4. The Morgan fingerprint density at radius 3 is 2.48 bits per heavy atom. The lowest BCUT2D eigenvalue weighted by molar-refractivity contribution is -0.157. The van der Waals surface area contributed by atoms with E-state index in [9.17, 15) is 4.79 Å². The van der Waals surface area contributed by atoms with Gasteiger partial charge in [-0.15, -0.1) is 0 Å². The van der Waals surface area contributed by atoms with Gasteiger partial charge in [0.15, 0.2) is 6.54 Å². The number of hydrogen-bond acceptors (Lipinski definition) is 2. The fourth-order valence-electron chi connectivity index (χ4n) is 4.92. The van der Waals surface area contributed by atoms with Gasteiger partial charge in [0.1, 0.15) is 11.8 Å². The third-order valence-corrected chi connectivity index (χ3v) is 7.21. The largest absolute Gasteiger partial charge is 1.00 e. The quantitative estimate of drug-likeness (QED) is 0.594. The van der Waals surface area contributed by atoms with E-state index < -0.39 is 0 Å². The molecule has 1 aromatic rings. The second kappa shape index (κ2) is 6.59. The molecule has 2 bridgehead atoms. The van der Waals surface area contributed by atoms with Gasteiger partial charge in [0.2, 0.25) is 0 Å². The highest BCUT2D eigenvalue weighted by molar-refractivity contribution is 5.74. The summed E-state index contributed by atoms with van der Waals surface area (Å²) < 4.78 is 6.54. The van der Waals surface area contributed by atoms with Crippen molar-refractivity contribution in [2.24, 2.45) is 16.7 Å². The van der Waals surface area contributed by atoms with E-state index in [0.29, 0.717) is 16.9 Å². The Morgan fingerprint density at radius 2 is 1.96 bits per heavy atom. The molecule has 2 fully saturated rings. The number of aryl methyl sites for hydroxylation is 1. The van der Waals surface area contributed by atoms with Crippen LogP contribution in [0.25, 0.3) is 0 Å². The second-order valence-electron chi connectivity index (χ2n) is 9.27. The summed E-state index contributed by atoms with van der Waals surface area (Å²) in [5.41, 5.74) is 2.77. The maximum absolute atomic E-state index is 12.7. The number of nitrogens with zero attached hydrogens (tertiary/aromatic N) is 1. The molecule has 0 aliphatic heterocycles. The minimum atomic E-state index is -0.0731. The van der Waals surface area contributed by atoms with Crippen molar-refractivity contribution in [2.45, 2.75) is 53.1 Å². The fourth-order valence-corrected chi connectivity index (χ4v) is 4.92. The molecular weight excluding hydrogens is 334 g/mol. The molecule has 3 nitrogen and oxygen atoms in total. The zero-order chi connectivity index (χ0) is 17.8. The average Bonchev–Trinajstić information content (AvgIpc) is 2.80. The Balaban J connectivity index is 0.00000225. The molecule has 2 aliphatic carbocycles. The van der Waals surface area contributed by atoms with Crippen LogP contribution in [0.2, 0.25) is 0 Å². The number of carbonyl (C=O) groups excluding carboxylic acids is 1. The van der Waals surface area contributed by atoms with E-state index in [1.807, 2.05) is 0 Å². The lowest BCUT2D eigenvalue weighted by atomic mass is 9.70. The van der Waals surface area contributed by atoms with Gasteiger partial charge in [-0.25, -0.2) is 4.79 Å². The standard InChI is InChI=1S/C21H32NO2.ClH/c1-15-8-7-9-17(12-15)22(5,6)14-19(23)24-18-13-16-10-11-21(18,4)20(16,2)3;/h7-9,12,16,18H,10-11,13-14H2,1-6H3;1H/q+1;/p-1. The van der Waals surface area contributed by atoms with Crippen LogP contribution in [0.4, 0.5) is 5.69 Å². The van der Waals surface area contributed by atoms with Crippen LogP contribution in [-0.2, 0) is 9.53 Å². The lowest BCUT2D eigenvalue weighted by Crippen LogP contribution is -3.00. The van der Waals surface area contributed by atoms with Gasteiger partial charge in [-0.2, -0.15) is 0 Å². The first kappa shape index (κ1) is 20.3. The van der Waals surface area contributed by atoms with Gasteiger partial charge in [0.25, 0.3) is 0 Å². The van der Waals surface area contributed by atoms with Gasteiger partial charge in [-0.1, -0.05) is 32.9 Å². The van der Waals surface area contributed by atoms with Crippen LogP contribution in [-0.4, -0.2) is 32.7 Å². The fraction of sp³-hybridized carbons (Fsp3) is 0.667. The molecule has 0 heterocycles. The number of halogens is 1. The number of carbonyl (C=O) groups is 1. The minimum absolute atomic E-state index is 0. The lowest BCUT2D eigenvalue weighted by Gasteiger charge is -2.38. The second-order valence-corrected chi connectivity index (χ2v) is 9.27. The molecule has 0 N–H and O–H groups in total. The topological polar surface area (TPSA) is 26.3 Å². The van der Waals surface area contributed by atoms with E-state index >= 15 is 0 Å². The van der Waals surface area contributed by atoms with Crippen molar-refractivity contribution >= 4 is 11.7 Å². The third-order valence-electron chi connectivity index (χ3n) is 7.21. The van der Waals surface area contributed by atoms with Gasteiger partial charge in [-0.05, 0) is 49.1 Å². The van der Waals surface area contributed by atoms with Crippen molar-refractivity contribution in [1.29, 1.82) is 0 Å². The minimum Gasteiger partial charge on any atom is -1.00 e. The molecule has 3 rings (SSSR count). The van der Waals surface area contributed by atoms with E-state index in [1.54, 1.807) is 0 Å². The summed E-state index contributed by atoms with van der Waals surface area (Å²) in [6, 6.07) is 8.37. The van der Waals surface area contributed by atoms with E-state index in [0.717, 1.165) is 12.1 Å². The van der Waals surface area contributed by atoms with E-state index in [1.165, 1.54) is 18.4 Å². The first-order chi connectivity index (χ1) is 11.1. The molecule has 4 heteroatoms. The Kier molecular flexibility index (Phi) is 5.34. The highest BCUT2D eigenvalue weighted by Gasteiger charge is 2.63. The Hall–Kier alpha value is -1.06. The highest BCUT2D eigenvalue weighted by Crippen LogP contribution is 2.66. The van der Waals surface area contributed by atoms with Crippen LogP contribution in [0.15, 0.2) is 24.3 Å². The Labute approximate surface area is 158 Å². The maximum Gasteiger partial charge on any atom is 0.362 e. The van der Waals surface area contributed by atoms with Gasteiger partial charge in [0.05, 0.1) is 14.1 Å². The van der Waals surface area contributed by atoms with Crippen LogP contribution in [0.3, 0.4) is 0 Å². The number of quaternary nitrogens is 1. The summed E-state index contributed by atoms with van der Waals surface area (Å²) in [5, 5.41) is 0. The van der Waals surface area contributed by atoms with Crippen molar-refractivity contribution in [3.05, 3.63) is 29.8 Å². The maximum atomic E-state index is 12.7. The number of benzene rings is 1. The molecule has 0 spiro atoms. The molecule has 0 aromatic heterocycles. The summed E-state index contributed by atoms with van der Waals surface area (Å²) in [5.74, 6) is 0.621. The first-order valence-electron chi connectivity index (χ1n) is 9.16. The number of hydrogen-bond donors (Lipinski definition) is 0. The van der Waals surface area contributed by atoms with E-state index in [4.69, 9.17) is 4.74 Å². The van der Waals surface area contributed by atoms with Crippen LogP contribution in [0, 0.1) is 23.7 Å². The summed E-state index contributed by atoms with van der Waals surface area (Å²) in [4.78, 5) is 12.7. The van der Waals surface area contributed by atoms with Gasteiger partial charge >= 0.3 is 5.97 Å². The SMILES string of the molecule is Cc1cccc([N+](C)(C)CC(=O)OC2CC3CCC2(C)C3(C)C)c1.[Cl-]. The first-order valence-corrected chi connectivity index (χ1v) is 9.16. The molecule has 3 atom stereocenters. The number of ether oxygens (including phenoxy) is 1. The predicted molar refractivity (Wildman–Crippen MR) is 98.8 cm³/mol. The normalized spacial score (nSPS) is 30.0. The average molecular weight is 366 g/mol. The van der Waals surface area contributed by atoms with Crippen LogP contribution < -0.4 is 16.9 Å². The van der Waals surface area contributed by atoms with Gasteiger partial charge in [0, 0.05) is 11.5 Å². The molecule has 140 valence electrons. The van der Waals surface area contributed by atoms with E-state index in [2.05, 4.69) is 66.1 Å². The third kappa shape index (κ3) is 3.33. The summed E-state index contributed by atoms with van der Waals surface area (Å²) in [6.45, 7) is 9.48. The van der Waals surface area contributed by atoms with Crippen LogP contribution in [0.5, 0.6) is 0 Å². The molecule has 2 aliphatic rings. The van der Waals surface area contributed by atoms with Crippen molar-refractivity contribution in [3.8, 4) is 0 Å². The molecule has 0 saturated heterocycles. The van der Waals surface area contributed by atoms with Crippen molar-refractivity contribution in [3.63, 3.8) is 0 Å². The predicted octanol–water partition coefficient (Wildman–Crippen LogP) is 1.32. The highest BCUT2D eigenvalue weighted by atomic mass is 35.5. The van der Waals surface area contributed by atoms with Crippen LogP contribution >= 0.6 is 0 Å². The summed E-state index contributed by atoms with van der Waals surface area (Å²) in [6.07, 6.45) is 3.57. The molecule has 0 radical (unpaired) electrons. The van der Waals surface area contributed by atoms with Crippen LogP contribution in [0.1, 0.15) is 45.6 Å². The number of rotatable bonds is 4. The molecular formula is C21H32ClNO2. The summed E-state index contributed by atoms with van der Waals surface area (Å²) >= 11 is 0. The van der Waals surface area contributed by atoms with E-state index in [-0.39, 0.29) is 35.3 Å². The van der Waals surface area contributed by atoms with Crippen molar-refractivity contribution < 1.29 is 21.9 Å².